The van der Waals surface area contributed by atoms with Crippen LogP contribution >= 0.6 is 0 Å². The van der Waals surface area contributed by atoms with Crippen molar-refractivity contribution < 1.29 is 19.8 Å². The smallest absolute Gasteiger partial charge is 0.325 e. The first-order chi connectivity index (χ1) is 14.2. The maximum Gasteiger partial charge on any atom is 0.325 e. The van der Waals surface area contributed by atoms with Crippen molar-refractivity contribution in [1.29, 1.82) is 0 Å². The number of carboxylic acids is 1. The third-order valence-corrected chi connectivity index (χ3v) is 9.05. The van der Waals surface area contributed by atoms with Gasteiger partial charge in [-0.1, -0.05) is 24.6 Å². The minimum atomic E-state index is -1.07. The topological polar surface area (TPSA) is 105 Å². The van der Waals surface area contributed by atoms with Gasteiger partial charge in [-0.3, -0.25) is 9.59 Å². The molecule has 3 saturated carbocycles. The molecule has 4 aliphatic carbocycles. The Balaban J connectivity index is 1.46. The average molecular weight is 414 g/mol. The molecule has 0 aliphatic heterocycles. The van der Waals surface area contributed by atoms with Crippen molar-refractivity contribution in [3.63, 3.8) is 0 Å². The number of carbonyl (C=O) groups excluding carboxylic acids is 1. The number of fused-ring (bicyclic) bond motifs is 5. The Morgan fingerprint density at radius 1 is 1.30 bits per heavy atom. The standard InChI is InChI=1S/C23H31N3O4/c1-13-9-14-10-15(27)3-4-16(14)17-5-7-22(2)18(21(13)17)6-8-23(22,30)19-11-26(25-24-19)12-20(28)29/h10-11,13,16-18,21,30H,3-9,12H2,1-2H3,(H,28,29)/t13?,16?,17?,18?,21?,22-,23+/m0/s1. The van der Waals surface area contributed by atoms with Gasteiger partial charge in [-0.15, -0.1) is 5.10 Å². The monoisotopic (exact) mass is 413 g/mol. The van der Waals surface area contributed by atoms with E-state index in [2.05, 4.69) is 24.2 Å². The second-order valence-electron chi connectivity index (χ2n) is 10.4. The van der Waals surface area contributed by atoms with Gasteiger partial charge in [0, 0.05) is 11.8 Å². The number of nitrogens with zero attached hydrogens (tertiary/aromatic N) is 3. The van der Waals surface area contributed by atoms with Gasteiger partial charge < -0.3 is 10.2 Å². The number of aromatic nitrogens is 3. The molecule has 5 rings (SSSR count). The van der Waals surface area contributed by atoms with Crippen molar-refractivity contribution in [2.45, 2.75) is 70.9 Å². The molecule has 0 radical (unpaired) electrons. The molecule has 7 atom stereocenters. The van der Waals surface area contributed by atoms with Gasteiger partial charge in [-0.2, -0.15) is 0 Å². The first-order valence-electron chi connectivity index (χ1n) is 11.3. The highest BCUT2D eigenvalue weighted by Crippen LogP contribution is 2.68. The zero-order chi connectivity index (χ0) is 21.3. The number of rotatable bonds is 3. The van der Waals surface area contributed by atoms with E-state index in [1.807, 2.05) is 6.08 Å². The molecule has 0 saturated heterocycles. The molecule has 1 aromatic heterocycles. The summed E-state index contributed by atoms with van der Waals surface area (Å²) in [6, 6.07) is 0. The van der Waals surface area contributed by atoms with Crippen molar-refractivity contribution in [3.8, 4) is 0 Å². The maximum atomic E-state index is 12.0. The number of hydrogen-bond donors (Lipinski definition) is 2. The number of aliphatic hydroxyl groups is 1. The van der Waals surface area contributed by atoms with Crippen LogP contribution in [0.25, 0.3) is 0 Å². The zero-order valence-corrected chi connectivity index (χ0v) is 17.8. The average Bonchev–Trinajstić information content (AvgIpc) is 3.24. The number of carbonyl (C=O) groups is 2. The third-order valence-electron chi connectivity index (χ3n) is 9.05. The Hall–Kier alpha value is -2.02. The molecule has 30 heavy (non-hydrogen) atoms. The van der Waals surface area contributed by atoms with E-state index >= 15 is 0 Å². The molecule has 1 heterocycles. The van der Waals surface area contributed by atoms with E-state index in [0.717, 1.165) is 32.1 Å². The molecule has 3 fully saturated rings. The number of ketones is 1. The summed E-state index contributed by atoms with van der Waals surface area (Å²) in [4.78, 5) is 23.0. The number of allylic oxidation sites excluding steroid dienone is 1. The molecule has 0 amide bonds. The fourth-order valence-corrected chi connectivity index (χ4v) is 7.73. The van der Waals surface area contributed by atoms with Gasteiger partial charge in [0.25, 0.3) is 0 Å². The van der Waals surface area contributed by atoms with E-state index < -0.39 is 11.6 Å². The van der Waals surface area contributed by atoms with Crippen molar-refractivity contribution in [3.05, 3.63) is 23.5 Å². The fraction of sp³-hybridized carbons (Fsp3) is 0.739. The van der Waals surface area contributed by atoms with Crippen molar-refractivity contribution >= 4 is 11.8 Å². The minimum absolute atomic E-state index is 0.250. The highest BCUT2D eigenvalue weighted by molar-refractivity contribution is 5.91. The highest BCUT2D eigenvalue weighted by Gasteiger charge is 2.64. The normalized spacial score (nSPS) is 42.8. The van der Waals surface area contributed by atoms with Crippen LogP contribution in [0.4, 0.5) is 0 Å². The molecule has 5 unspecified atom stereocenters. The number of carboxylic acid groups (broad SMARTS) is 1. The van der Waals surface area contributed by atoms with Crippen molar-refractivity contribution in [1.82, 2.24) is 15.0 Å². The van der Waals surface area contributed by atoms with Gasteiger partial charge in [0.2, 0.25) is 0 Å². The molecule has 0 spiro atoms. The third kappa shape index (κ3) is 2.74. The van der Waals surface area contributed by atoms with E-state index in [1.54, 1.807) is 6.20 Å². The summed E-state index contributed by atoms with van der Waals surface area (Å²) in [6.45, 7) is 4.28. The van der Waals surface area contributed by atoms with Crippen LogP contribution in [0.3, 0.4) is 0 Å². The Bertz CT molecular complexity index is 923. The van der Waals surface area contributed by atoms with Gasteiger partial charge >= 0.3 is 5.97 Å². The molecular weight excluding hydrogens is 382 g/mol. The van der Waals surface area contributed by atoms with Gasteiger partial charge in [-0.05, 0) is 74.2 Å². The summed E-state index contributed by atoms with van der Waals surface area (Å²) in [6.07, 6.45) is 9.77. The lowest BCUT2D eigenvalue weighted by atomic mass is 9.48. The second-order valence-corrected chi connectivity index (χ2v) is 10.4. The fourth-order valence-electron chi connectivity index (χ4n) is 7.73. The van der Waals surface area contributed by atoms with Gasteiger partial charge in [-0.25, -0.2) is 4.68 Å². The van der Waals surface area contributed by atoms with Crippen LogP contribution < -0.4 is 0 Å². The van der Waals surface area contributed by atoms with E-state index in [0.29, 0.717) is 48.1 Å². The first-order valence-corrected chi connectivity index (χ1v) is 11.3. The Morgan fingerprint density at radius 2 is 2.10 bits per heavy atom. The van der Waals surface area contributed by atoms with Crippen molar-refractivity contribution in [2.24, 2.45) is 35.0 Å². The zero-order valence-electron chi connectivity index (χ0n) is 17.8. The lowest BCUT2D eigenvalue weighted by molar-refractivity contribution is -0.138. The van der Waals surface area contributed by atoms with E-state index in [4.69, 9.17) is 5.11 Å². The van der Waals surface area contributed by atoms with Crippen LogP contribution in [0.2, 0.25) is 0 Å². The Morgan fingerprint density at radius 3 is 2.87 bits per heavy atom. The summed E-state index contributed by atoms with van der Waals surface area (Å²) in [5.41, 5.74) is 0.517. The summed E-state index contributed by atoms with van der Waals surface area (Å²) in [5.74, 6) is 1.88. The van der Waals surface area contributed by atoms with Crippen LogP contribution in [0.15, 0.2) is 17.8 Å². The molecule has 162 valence electrons. The first kappa shape index (κ1) is 19.9. The Labute approximate surface area is 176 Å². The summed E-state index contributed by atoms with van der Waals surface area (Å²) < 4.78 is 1.30. The van der Waals surface area contributed by atoms with E-state index in [1.165, 1.54) is 10.3 Å². The molecule has 4 aliphatic rings. The van der Waals surface area contributed by atoms with E-state index in [9.17, 15) is 14.7 Å². The van der Waals surface area contributed by atoms with Gasteiger partial charge in [0.1, 0.15) is 17.8 Å². The lowest BCUT2D eigenvalue weighted by Crippen LogP contribution is -2.53. The van der Waals surface area contributed by atoms with Crippen LogP contribution in [0.5, 0.6) is 0 Å². The molecule has 7 nitrogen and oxygen atoms in total. The van der Waals surface area contributed by atoms with Crippen molar-refractivity contribution in [2.75, 3.05) is 0 Å². The SMILES string of the molecule is CC1CC2=CC(=O)CCC2C2CC[C@@]3(C)C(CC[C@@]3(O)c3cn(CC(=O)O)nn3)C12. The maximum absolute atomic E-state index is 12.0. The molecule has 0 bridgehead atoms. The van der Waals surface area contributed by atoms with Crippen LogP contribution in [-0.2, 0) is 21.7 Å². The number of aliphatic carboxylic acids is 1. The molecular formula is C23H31N3O4. The molecule has 0 aromatic carbocycles. The molecule has 2 N–H and O–H groups in total. The molecule has 1 aromatic rings. The minimum Gasteiger partial charge on any atom is -0.480 e. The van der Waals surface area contributed by atoms with Crippen LogP contribution in [-0.4, -0.2) is 37.0 Å². The quantitative estimate of drug-likeness (QED) is 0.789. The largest absolute Gasteiger partial charge is 0.480 e. The van der Waals surface area contributed by atoms with Crippen LogP contribution in [0.1, 0.15) is 64.5 Å². The summed E-state index contributed by atoms with van der Waals surface area (Å²) in [5, 5.41) is 29.1. The predicted molar refractivity (Wildman–Crippen MR) is 108 cm³/mol. The highest BCUT2D eigenvalue weighted by atomic mass is 16.4. The predicted octanol–water partition coefficient (Wildman–Crippen LogP) is 2.94. The summed E-state index contributed by atoms with van der Waals surface area (Å²) >= 11 is 0. The van der Waals surface area contributed by atoms with Gasteiger partial charge in [0.05, 0.1) is 6.20 Å². The number of hydrogen-bond acceptors (Lipinski definition) is 5. The molecule has 7 heteroatoms. The Kier molecular flexibility index (Phi) is 4.47. The van der Waals surface area contributed by atoms with Crippen LogP contribution in [0, 0.1) is 35.0 Å². The second kappa shape index (κ2) is 6.74. The van der Waals surface area contributed by atoms with Gasteiger partial charge in [0.15, 0.2) is 5.78 Å². The summed E-state index contributed by atoms with van der Waals surface area (Å²) in [7, 11) is 0. The van der Waals surface area contributed by atoms with E-state index in [-0.39, 0.29) is 17.7 Å². The lowest BCUT2D eigenvalue weighted by Gasteiger charge is -2.57.